The maximum atomic E-state index is 12.9. The molecule has 1 fully saturated rings. The van der Waals surface area contributed by atoms with Crippen LogP contribution in [-0.2, 0) is 0 Å². The quantitative estimate of drug-likeness (QED) is 0.855. The maximum absolute atomic E-state index is 12.9. The molecule has 5 nitrogen and oxygen atoms in total. The van der Waals surface area contributed by atoms with Crippen LogP contribution >= 0.6 is 0 Å². The van der Waals surface area contributed by atoms with Gasteiger partial charge in [-0.2, -0.15) is 0 Å². The third kappa shape index (κ3) is 4.47. The van der Waals surface area contributed by atoms with Crippen molar-refractivity contribution >= 4 is 5.91 Å². The summed E-state index contributed by atoms with van der Waals surface area (Å²) in [6.07, 6.45) is 1.81. The third-order valence-electron chi connectivity index (χ3n) is 4.21. The number of piperidine rings is 1. The van der Waals surface area contributed by atoms with Gasteiger partial charge in [-0.25, -0.2) is 4.39 Å². The number of rotatable bonds is 4. The van der Waals surface area contributed by atoms with Crippen molar-refractivity contribution in [1.82, 2.24) is 4.90 Å². The average molecular weight is 345 g/mol. The molecule has 0 bridgehead atoms. The Balaban J connectivity index is 1.61. The highest BCUT2D eigenvalue weighted by Gasteiger charge is 2.26. The second-order valence-corrected chi connectivity index (χ2v) is 6.29. The number of hydrogen-bond donors (Lipinski definition) is 0. The van der Waals surface area contributed by atoms with Crippen LogP contribution < -0.4 is 10.2 Å². The number of nitrogens with zero attached hydrogens (tertiary/aromatic N) is 1. The van der Waals surface area contributed by atoms with Crippen LogP contribution in [0.4, 0.5) is 4.39 Å². The van der Waals surface area contributed by atoms with E-state index in [-0.39, 0.29) is 28.8 Å². The SMILES string of the molecule is Cc1cc(=O)cc(C(=O)N2CCC[C@@H](COc3ccc(F)cc3)C2)o1. The minimum Gasteiger partial charge on any atom is -0.493 e. The summed E-state index contributed by atoms with van der Waals surface area (Å²) in [5.41, 5.74) is -0.236. The van der Waals surface area contributed by atoms with Crippen molar-refractivity contribution in [1.29, 1.82) is 0 Å². The maximum Gasteiger partial charge on any atom is 0.289 e. The highest BCUT2D eigenvalue weighted by molar-refractivity contribution is 5.91. The number of carbonyl (C=O) groups is 1. The fraction of sp³-hybridized carbons (Fsp3) is 0.368. The van der Waals surface area contributed by atoms with Gasteiger partial charge in [-0.05, 0) is 44.0 Å². The number of aryl methyl sites for hydroxylation is 1. The molecule has 6 heteroatoms. The molecule has 0 spiro atoms. The topological polar surface area (TPSA) is 59.8 Å². The Kier molecular flexibility index (Phi) is 5.16. The average Bonchev–Trinajstić information content (AvgIpc) is 2.60. The van der Waals surface area contributed by atoms with Crippen LogP contribution in [0.2, 0.25) is 0 Å². The first kappa shape index (κ1) is 17.2. The van der Waals surface area contributed by atoms with Gasteiger partial charge in [0.25, 0.3) is 5.91 Å². The molecule has 0 N–H and O–H groups in total. The predicted octanol–water partition coefficient (Wildman–Crippen LogP) is 3.02. The Labute approximate surface area is 145 Å². The predicted molar refractivity (Wildman–Crippen MR) is 90.2 cm³/mol. The van der Waals surface area contributed by atoms with Gasteiger partial charge in [-0.3, -0.25) is 9.59 Å². The summed E-state index contributed by atoms with van der Waals surface area (Å²) in [4.78, 5) is 25.8. The molecule has 132 valence electrons. The smallest absolute Gasteiger partial charge is 0.289 e. The largest absolute Gasteiger partial charge is 0.493 e. The zero-order valence-electron chi connectivity index (χ0n) is 14.0. The monoisotopic (exact) mass is 345 g/mol. The molecule has 2 heterocycles. The normalized spacial score (nSPS) is 17.4. The lowest BCUT2D eigenvalue weighted by molar-refractivity contribution is 0.0598. The van der Waals surface area contributed by atoms with Gasteiger partial charge in [-0.15, -0.1) is 0 Å². The van der Waals surface area contributed by atoms with E-state index in [4.69, 9.17) is 9.15 Å². The van der Waals surface area contributed by atoms with Crippen LogP contribution in [0.25, 0.3) is 0 Å². The first-order chi connectivity index (χ1) is 12.0. The number of likely N-dealkylation sites (tertiary alicyclic amines) is 1. The van der Waals surface area contributed by atoms with E-state index in [1.54, 1.807) is 24.0 Å². The van der Waals surface area contributed by atoms with Gasteiger partial charge in [0, 0.05) is 31.1 Å². The van der Waals surface area contributed by atoms with Gasteiger partial charge >= 0.3 is 0 Å². The minimum atomic E-state index is -0.304. The van der Waals surface area contributed by atoms with Gasteiger partial charge < -0.3 is 14.1 Å². The molecule has 0 radical (unpaired) electrons. The lowest BCUT2D eigenvalue weighted by atomic mass is 9.98. The molecular weight excluding hydrogens is 325 g/mol. The fourth-order valence-corrected chi connectivity index (χ4v) is 3.00. The van der Waals surface area contributed by atoms with E-state index in [0.29, 0.717) is 31.2 Å². The lowest BCUT2D eigenvalue weighted by Gasteiger charge is -2.32. The van der Waals surface area contributed by atoms with Crippen LogP contribution in [0.5, 0.6) is 5.75 Å². The van der Waals surface area contributed by atoms with Gasteiger partial charge in [0.05, 0.1) is 6.61 Å². The summed E-state index contributed by atoms with van der Waals surface area (Å²) < 4.78 is 24.0. The Morgan fingerprint density at radius 1 is 1.32 bits per heavy atom. The molecule has 0 saturated carbocycles. The number of amides is 1. The van der Waals surface area contributed by atoms with Crippen molar-refractivity contribution in [2.24, 2.45) is 5.92 Å². The van der Waals surface area contributed by atoms with E-state index in [0.717, 1.165) is 12.8 Å². The Hall–Kier alpha value is -2.63. The van der Waals surface area contributed by atoms with Crippen LogP contribution in [0.15, 0.2) is 45.6 Å². The fourth-order valence-electron chi connectivity index (χ4n) is 3.00. The summed E-state index contributed by atoms with van der Waals surface area (Å²) >= 11 is 0. The van der Waals surface area contributed by atoms with E-state index >= 15 is 0 Å². The molecule has 1 amide bonds. The number of halogens is 1. The molecule has 0 aliphatic carbocycles. The van der Waals surface area contributed by atoms with Crippen molar-refractivity contribution in [3.8, 4) is 5.75 Å². The first-order valence-electron chi connectivity index (χ1n) is 8.31. The highest BCUT2D eigenvalue weighted by atomic mass is 19.1. The molecule has 3 rings (SSSR count). The second kappa shape index (κ2) is 7.51. The molecule has 1 atom stereocenters. The standard InChI is InChI=1S/C19H20FNO4/c1-13-9-16(22)10-18(25-13)19(23)21-8-2-3-14(11-21)12-24-17-6-4-15(20)5-7-17/h4-7,9-10,14H,2-3,8,11-12H2,1H3/t14-/m1/s1. The van der Waals surface area contributed by atoms with Gasteiger partial charge in [-0.1, -0.05) is 0 Å². The summed E-state index contributed by atoms with van der Waals surface area (Å²) in [7, 11) is 0. The summed E-state index contributed by atoms with van der Waals surface area (Å²) in [5.74, 6) is 0.705. The number of benzene rings is 1. The number of carbonyl (C=O) groups excluding carboxylic acids is 1. The van der Waals surface area contributed by atoms with Crippen LogP contribution in [0.1, 0.15) is 29.2 Å². The Bertz CT molecular complexity index is 800. The van der Waals surface area contributed by atoms with E-state index in [1.807, 2.05) is 0 Å². The second-order valence-electron chi connectivity index (χ2n) is 6.29. The first-order valence-corrected chi connectivity index (χ1v) is 8.31. The molecule has 1 aliphatic rings. The molecule has 1 aromatic heterocycles. The molecular formula is C19H20FNO4. The van der Waals surface area contributed by atoms with Crippen molar-refractivity contribution in [2.45, 2.75) is 19.8 Å². The van der Waals surface area contributed by atoms with Gasteiger partial charge in [0.1, 0.15) is 17.3 Å². The molecule has 1 aliphatic heterocycles. The Morgan fingerprint density at radius 2 is 2.08 bits per heavy atom. The van der Waals surface area contributed by atoms with Crippen molar-refractivity contribution in [3.63, 3.8) is 0 Å². The molecule has 2 aromatic rings. The number of ether oxygens (including phenoxy) is 1. The van der Waals surface area contributed by atoms with Crippen LogP contribution in [0.3, 0.4) is 0 Å². The van der Waals surface area contributed by atoms with E-state index < -0.39 is 0 Å². The van der Waals surface area contributed by atoms with Crippen LogP contribution in [-0.4, -0.2) is 30.5 Å². The number of hydrogen-bond acceptors (Lipinski definition) is 4. The van der Waals surface area contributed by atoms with Gasteiger partial charge in [0.2, 0.25) is 0 Å². The van der Waals surface area contributed by atoms with E-state index in [1.165, 1.54) is 24.3 Å². The van der Waals surface area contributed by atoms with Crippen molar-refractivity contribution in [2.75, 3.05) is 19.7 Å². The summed E-state index contributed by atoms with van der Waals surface area (Å²) in [6.45, 7) is 3.27. The molecule has 0 unspecified atom stereocenters. The van der Waals surface area contributed by atoms with E-state index in [9.17, 15) is 14.0 Å². The lowest BCUT2D eigenvalue weighted by Crippen LogP contribution is -2.41. The van der Waals surface area contributed by atoms with Gasteiger partial charge in [0.15, 0.2) is 11.2 Å². The Morgan fingerprint density at radius 3 is 2.80 bits per heavy atom. The third-order valence-corrected chi connectivity index (χ3v) is 4.21. The van der Waals surface area contributed by atoms with E-state index in [2.05, 4.69) is 0 Å². The highest BCUT2D eigenvalue weighted by Crippen LogP contribution is 2.20. The minimum absolute atomic E-state index is 0.0742. The molecule has 1 saturated heterocycles. The van der Waals surface area contributed by atoms with Crippen molar-refractivity contribution < 1.29 is 18.3 Å². The van der Waals surface area contributed by atoms with Crippen molar-refractivity contribution in [3.05, 3.63) is 64.0 Å². The summed E-state index contributed by atoms with van der Waals surface area (Å²) in [6, 6.07) is 8.46. The summed E-state index contributed by atoms with van der Waals surface area (Å²) in [5, 5.41) is 0. The molecule has 25 heavy (non-hydrogen) atoms. The zero-order chi connectivity index (χ0) is 17.8. The molecule has 1 aromatic carbocycles. The van der Waals surface area contributed by atoms with Crippen LogP contribution in [0, 0.1) is 18.7 Å². The zero-order valence-corrected chi connectivity index (χ0v) is 14.0.